The highest BCUT2D eigenvalue weighted by molar-refractivity contribution is 5.93. The third kappa shape index (κ3) is 6.76. The van der Waals surface area contributed by atoms with Gasteiger partial charge in [0.05, 0.1) is 28.6 Å². The number of hydrogen-bond donors (Lipinski definition) is 3. The van der Waals surface area contributed by atoms with Gasteiger partial charge in [0.2, 0.25) is 11.8 Å². The first-order valence-electron chi connectivity index (χ1n) is 13.6. The minimum absolute atomic E-state index is 0.0713. The van der Waals surface area contributed by atoms with Crippen LogP contribution in [0, 0.1) is 0 Å². The summed E-state index contributed by atoms with van der Waals surface area (Å²) >= 11 is 0. The van der Waals surface area contributed by atoms with Crippen LogP contribution < -0.4 is 21.9 Å². The number of hydrogen-bond acceptors (Lipinski definition) is 5. The zero-order chi connectivity index (χ0) is 30.3. The quantitative estimate of drug-likeness (QED) is 0.233. The lowest BCUT2D eigenvalue weighted by molar-refractivity contribution is -0.120. The number of carboxylic acids is 1. The van der Waals surface area contributed by atoms with Crippen LogP contribution in [-0.4, -0.2) is 38.6 Å². The molecule has 0 spiro atoms. The van der Waals surface area contributed by atoms with Gasteiger partial charge in [-0.3, -0.25) is 19.0 Å². The second-order valence-electron chi connectivity index (χ2n) is 9.89. The van der Waals surface area contributed by atoms with E-state index in [-0.39, 0.29) is 29.8 Å². The maximum absolute atomic E-state index is 13.6. The topological polar surface area (TPSA) is 140 Å². The fourth-order valence-corrected chi connectivity index (χ4v) is 4.74. The third-order valence-corrected chi connectivity index (χ3v) is 6.91. The summed E-state index contributed by atoms with van der Waals surface area (Å²) in [5.41, 5.74) is 1.64. The summed E-state index contributed by atoms with van der Waals surface area (Å²) < 4.78 is 2.22. The van der Waals surface area contributed by atoms with Gasteiger partial charge in [0, 0.05) is 12.2 Å². The van der Waals surface area contributed by atoms with Crippen LogP contribution in [-0.2, 0) is 29.0 Å². The number of carbonyl (C=O) groups excluding carboxylic acids is 2. The van der Waals surface area contributed by atoms with Crippen molar-refractivity contribution >= 4 is 34.4 Å². The summed E-state index contributed by atoms with van der Waals surface area (Å²) in [4.78, 5) is 63.5. The van der Waals surface area contributed by atoms with Gasteiger partial charge >= 0.3 is 11.7 Å². The number of carboxylic acid groups (broad SMARTS) is 1. The monoisotopic (exact) mass is 576 g/mol. The Balaban J connectivity index is 1.34. The first kappa shape index (κ1) is 28.7. The Labute approximate surface area is 245 Å². The number of para-hydroxylation sites is 1. The highest BCUT2D eigenvalue weighted by atomic mass is 16.4. The molecule has 5 aromatic rings. The first-order valence-corrected chi connectivity index (χ1v) is 13.6. The van der Waals surface area contributed by atoms with Crippen LogP contribution in [0.15, 0.2) is 113 Å². The van der Waals surface area contributed by atoms with Crippen LogP contribution >= 0.6 is 0 Å². The minimum atomic E-state index is -1.09. The number of amides is 2. The summed E-state index contributed by atoms with van der Waals surface area (Å²) in [6.45, 7) is 0.121. The van der Waals surface area contributed by atoms with E-state index in [0.717, 1.165) is 16.6 Å². The standard InChI is InChI=1S/C33H28N4O6/c38-29(34-19-18-22-6-2-1-3-7-22)20-23-10-16-26(17-11-23)37-31(40)27-8-4-5-9-28(27)36(33(37)43)21-30(39)35-25-14-12-24(13-15-25)32(41)42/h1-17H,18-21H2,(H,34,38)(H,35,39)(H,41,42). The molecule has 0 saturated heterocycles. The van der Waals surface area contributed by atoms with Crippen LogP contribution in [0.3, 0.4) is 0 Å². The summed E-state index contributed by atoms with van der Waals surface area (Å²) in [5.74, 6) is -1.76. The van der Waals surface area contributed by atoms with Crippen molar-refractivity contribution in [2.24, 2.45) is 0 Å². The average molecular weight is 577 g/mol. The van der Waals surface area contributed by atoms with Gasteiger partial charge in [-0.25, -0.2) is 14.2 Å². The molecule has 4 aromatic carbocycles. The third-order valence-electron chi connectivity index (χ3n) is 6.91. The van der Waals surface area contributed by atoms with E-state index in [1.807, 2.05) is 30.3 Å². The van der Waals surface area contributed by atoms with Crippen molar-refractivity contribution < 1.29 is 19.5 Å². The van der Waals surface area contributed by atoms with Gasteiger partial charge < -0.3 is 15.7 Å². The number of aromatic nitrogens is 2. The number of aromatic carboxylic acids is 1. The van der Waals surface area contributed by atoms with Gasteiger partial charge in [-0.2, -0.15) is 0 Å². The molecule has 43 heavy (non-hydrogen) atoms. The summed E-state index contributed by atoms with van der Waals surface area (Å²) in [6, 6.07) is 28.6. The molecule has 0 atom stereocenters. The van der Waals surface area contributed by atoms with Crippen LogP contribution in [0.5, 0.6) is 0 Å². The van der Waals surface area contributed by atoms with Gasteiger partial charge in [0.15, 0.2) is 0 Å². The Kier molecular flexibility index (Phi) is 8.57. The Morgan fingerprint density at radius 3 is 2.09 bits per heavy atom. The van der Waals surface area contributed by atoms with E-state index >= 15 is 0 Å². The second kappa shape index (κ2) is 12.8. The van der Waals surface area contributed by atoms with E-state index in [2.05, 4.69) is 10.6 Å². The van der Waals surface area contributed by atoms with E-state index < -0.39 is 23.1 Å². The number of fused-ring (bicyclic) bond motifs is 1. The number of anilines is 1. The molecule has 3 N–H and O–H groups in total. The van der Waals surface area contributed by atoms with Crippen molar-refractivity contribution in [3.63, 3.8) is 0 Å². The normalized spacial score (nSPS) is 10.8. The maximum Gasteiger partial charge on any atom is 0.336 e. The van der Waals surface area contributed by atoms with E-state index in [1.165, 1.54) is 28.8 Å². The van der Waals surface area contributed by atoms with Crippen molar-refractivity contribution in [1.29, 1.82) is 0 Å². The maximum atomic E-state index is 13.6. The van der Waals surface area contributed by atoms with Crippen LogP contribution in [0.2, 0.25) is 0 Å². The van der Waals surface area contributed by atoms with Crippen molar-refractivity contribution in [2.75, 3.05) is 11.9 Å². The molecule has 1 heterocycles. The first-order chi connectivity index (χ1) is 20.8. The number of benzene rings is 4. The second-order valence-corrected chi connectivity index (χ2v) is 9.89. The number of nitrogens with zero attached hydrogens (tertiary/aromatic N) is 2. The molecule has 0 aliphatic rings. The fourth-order valence-electron chi connectivity index (χ4n) is 4.74. The molecule has 0 radical (unpaired) electrons. The Hall–Kier alpha value is -5.77. The molecule has 10 nitrogen and oxygen atoms in total. The highest BCUT2D eigenvalue weighted by Crippen LogP contribution is 2.13. The molecule has 216 valence electrons. The van der Waals surface area contributed by atoms with E-state index in [0.29, 0.717) is 29.0 Å². The van der Waals surface area contributed by atoms with E-state index in [9.17, 15) is 24.0 Å². The summed E-state index contributed by atoms with van der Waals surface area (Å²) in [5, 5.41) is 14.9. The zero-order valence-corrected chi connectivity index (χ0v) is 23.0. The predicted octanol–water partition coefficient (Wildman–Crippen LogP) is 3.39. The molecule has 0 saturated carbocycles. The molecule has 0 aliphatic carbocycles. The van der Waals surface area contributed by atoms with Gasteiger partial charge in [0.1, 0.15) is 6.54 Å². The zero-order valence-electron chi connectivity index (χ0n) is 23.0. The predicted molar refractivity (Wildman–Crippen MR) is 163 cm³/mol. The molecule has 2 amide bonds. The van der Waals surface area contributed by atoms with Crippen LogP contribution in [0.25, 0.3) is 16.6 Å². The number of rotatable bonds is 10. The number of carbonyl (C=O) groups is 3. The average Bonchev–Trinajstić information content (AvgIpc) is 3.01. The van der Waals surface area contributed by atoms with Crippen LogP contribution in [0.1, 0.15) is 21.5 Å². The lowest BCUT2D eigenvalue weighted by atomic mass is 10.1. The van der Waals surface area contributed by atoms with Crippen molar-refractivity contribution in [1.82, 2.24) is 14.5 Å². The van der Waals surface area contributed by atoms with E-state index in [1.54, 1.807) is 48.5 Å². The van der Waals surface area contributed by atoms with Gasteiger partial charge in [-0.05, 0) is 66.1 Å². The largest absolute Gasteiger partial charge is 0.478 e. The smallest absolute Gasteiger partial charge is 0.336 e. The Bertz CT molecular complexity index is 1910. The fraction of sp³-hybridized carbons (Fsp3) is 0.121. The van der Waals surface area contributed by atoms with E-state index in [4.69, 9.17) is 5.11 Å². The van der Waals surface area contributed by atoms with Gasteiger partial charge in [0.25, 0.3) is 5.56 Å². The molecule has 0 fully saturated rings. The van der Waals surface area contributed by atoms with Crippen molar-refractivity contribution in [2.45, 2.75) is 19.4 Å². The lowest BCUT2D eigenvalue weighted by Crippen LogP contribution is -2.40. The SMILES string of the molecule is O=C(Cc1ccc(-n2c(=O)c3ccccc3n(CC(=O)Nc3ccc(C(=O)O)cc3)c2=O)cc1)NCCc1ccccc1. The Morgan fingerprint density at radius 1 is 0.721 bits per heavy atom. The molecule has 0 aliphatic heterocycles. The van der Waals surface area contributed by atoms with Crippen molar-refractivity contribution in [3.05, 3.63) is 141 Å². The van der Waals surface area contributed by atoms with Gasteiger partial charge in [-0.15, -0.1) is 0 Å². The molecule has 1 aromatic heterocycles. The minimum Gasteiger partial charge on any atom is -0.478 e. The molecule has 0 unspecified atom stereocenters. The summed E-state index contributed by atoms with van der Waals surface area (Å²) in [7, 11) is 0. The molecule has 5 rings (SSSR count). The number of nitrogens with one attached hydrogen (secondary N) is 2. The molecular formula is C33H28N4O6. The Morgan fingerprint density at radius 2 is 1.40 bits per heavy atom. The summed E-state index contributed by atoms with van der Waals surface area (Å²) in [6.07, 6.45) is 0.858. The highest BCUT2D eigenvalue weighted by Gasteiger charge is 2.17. The molecule has 10 heteroatoms. The van der Waals surface area contributed by atoms with Crippen LogP contribution in [0.4, 0.5) is 5.69 Å². The molecular weight excluding hydrogens is 548 g/mol. The van der Waals surface area contributed by atoms with Gasteiger partial charge in [-0.1, -0.05) is 54.6 Å². The molecule has 0 bridgehead atoms. The van der Waals surface area contributed by atoms with Crippen molar-refractivity contribution in [3.8, 4) is 5.69 Å². The lowest BCUT2D eigenvalue weighted by Gasteiger charge is -2.14.